The third-order valence-corrected chi connectivity index (χ3v) is 4.99. The zero-order valence-electron chi connectivity index (χ0n) is 17.6. The van der Waals surface area contributed by atoms with E-state index in [1.807, 2.05) is 60.7 Å². The van der Waals surface area contributed by atoms with Gasteiger partial charge in [0.25, 0.3) is 17.5 Å². The number of carbonyl (C=O) groups is 2. The lowest BCUT2D eigenvalue weighted by Crippen LogP contribution is -2.42. The molecule has 0 bridgehead atoms. The maximum Gasteiger partial charge on any atom is 0.273 e. The Labute approximate surface area is 188 Å². The first-order valence-electron chi connectivity index (χ1n) is 10.0. The van der Waals surface area contributed by atoms with Crippen LogP contribution in [0.2, 0.25) is 0 Å². The predicted octanol–water partition coefficient (Wildman–Crippen LogP) is 3.83. The van der Waals surface area contributed by atoms with E-state index in [4.69, 9.17) is 0 Å². The van der Waals surface area contributed by atoms with Crippen molar-refractivity contribution >= 4 is 17.5 Å². The number of hydrogen-bond donors (Lipinski definition) is 2. The summed E-state index contributed by atoms with van der Waals surface area (Å²) in [6.07, 6.45) is 1.58. The summed E-state index contributed by atoms with van der Waals surface area (Å²) >= 11 is 0. The first kappa shape index (κ1) is 21.4. The summed E-state index contributed by atoms with van der Waals surface area (Å²) in [7, 11) is 0. The molecule has 1 heterocycles. The van der Waals surface area contributed by atoms with Gasteiger partial charge in [-0.3, -0.25) is 30.6 Å². The number of para-hydroxylation sites is 1. The van der Waals surface area contributed by atoms with E-state index >= 15 is 0 Å². The van der Waals surface area contributed by atoms with Gasteiger partial charge in [0.1, 0.15) is 5.69 Å². The van der Waals surface area contributed by atoms with Gasteiger partial charge in [-0.15, -0.1) is 0 Å². The van der Waals surface area contributed by atoms with Gasteiger partial charge in [0.15, 0.2) is 0 Å². The summed E-state index contributed by atoms with van der Waals surface area (Å²) in [5.74, 6) is -1.24. The highest BCUT2D eigenvalue weighted by atomic mass is 16.6. The van der Waals surface area contributed by atoms with Gasteiger partial charge in [-0.25, -0.2) is 4.68 Å². The van der Waals surface area contributed by atoms with Crippen molar-refractivity contribution in [1.82, 2.24) is 20.6 Å². The van der Waals surface area contributed by atoms with Crippen LogP contribution in [0.5, 0.6) is 0 Å². The fraction of sp³-hybridized carbons (Fsp3) is 0.0417. The average Bonchev–Trinajstić information content (AvgIpc) is 3.29. The second kappa shape index (κ2) is 9.15. The van der Waals surface area contributed by atoms with E-state index in [0.717, 1.165) is 11.3 Å². The Kier molecular flexibility index (Phi) is 5.94. The molecule has 0 aliphatic heterocycles. The van der Waals surface area contributed by atoms with Crippen LogP contribution in [-0.4, -0.2) is 26.5 Å². The van der Waals surface area contributed by atoms with Crippen molar-refractivity contribution in [2.45, 2.75) is 6.92 Å². The molecule has 33 heavy (non-hydrogen) atoms. The molecule has 0 saturated carbocycles. The fourth-order valence-corrected chi connectivity index (χ4v) is 3.28. The smallest absolute Gasteiger partial charge is 0.267 e. The van der Waals surface area contributed by atoms with Gasteiger partial charge in [-0.05, 0) is 24.6 Å². The van der Waals surface area contributed by atoms with Crippen LogP contribution in [-0.2, 0) is 0 Å². The van der Waals surface area contributed by atoms with Gasteiger partial charge in [-0.1, -0.05) is 54.6 Å². The molecule has 4 aromatic rings. The molecule has 1 aromatic heterocycles. The molecule has 164 valence electrons. The molecule has 0 radical (unpaired) electrons. The standard InChI is InChI=1S/C24H19N5O4/c1-16-12-13-19(29(32)33)14-20(16)23(30)25-26-24(31)21-15-28(18-10-6-3-7-11-18)27-22(21)17-8-4-2-5-9-17/h2-15H,1H3,(H,25,30)(H,26,31). The molecule has 2 amide bonds. The van der Waals surface area contributed by atoms with Gasteiger partial charge >= 0.3 is 0 Å². The fourth-order valence-electron chi connectivity index (χ4n) is 3.28. The minimum absolute atomic E-state index is 0.0905. The monoisotopic (exact) mass is 441 g/mol. The van der Waals surface area contributed by atoms with Crippen molar-refractivity contribution in [3.63, 3.8) is 0 Å². The minimum atomic E-state index is -0.665. The maximum absolute atomic E-state index is 13.0. The van der Waals surface area contributed by atoms with Crippen LogP contribution in [0.3, 0.4) is 0 Å². The predicted molar refractivity (Wildman–Crippen MR) is 122 cm³/mol. The topological polar surface area (TPSA) is 119 Å². The highest BCUT2D eigenvalue weighted by Crippen LogP contribution is 2.23. The summed E-state index contributed by atoms with van der Waals surface area (Å²) < 4.78 is 1.59. The van der Waals surface area contributed by atoms with Crippen LogP contribution in [0.15, 0.2) is 85.1 Å². The lowest BCUT2D eigenvalue weighted by molar-refractivity contribution is -0.384. The summed E-state index contributed by atoms with van der Waals surface area (Å²) in [5, 5.41) is 15.6. The number of hydrogen-bond acceptors (Lipinski definition) is 5. The lowest BCUT2D eigenvalue weighted by Gasteiger charge is -2.09. The largest absolute Gasteiger partial charge is 0.273 e. The maximum atomic E-state index is 13.0. The summed E-state index contributed by atoms with van der Waals surface area (Å²) in [4.78, 5) is 36.0. The van der Waals surface area contributed by atoms with Gasteiger partial charge in [-0.2, -0.15) is 5.10 Å². The van der Waals surface area contributed by atoms with E-state index in [1.165, 1.54) is 18.2 Å². The Morgan fingerprint density at radius 2 is 1.48 bits per heavy atom. The van der Waals surface area contributed by atoms with Crippen LogP contribution in [0.4, 0.5) is 5.69 Å². The highest BCUT2D eigenvalue weighted by molar-refractivity contribution is 6.02. The molecule has 9 nitrogen and oxygen atoms in total. The molecule has 0 saturated heterocycles. The van der Waals surface area contributed by atoms with Crippen molar-refractivity contribution in [2.75, 3.05) is 0 Å². The van der Waals surface area contributed by atoms with Crippen molar-refractivity contribution in [2.24, 2.45) is 0 Å². The van der Waals surface area contributed by atoms with Crippen molar-refractivity contribution in [1.29, 1.82) is 0 Å². The Morgan fingerprint density at radius 1 is 0.879 bits per heavy atom. The Bertz CT molecular complexity index is 1330. The van der Waals surface area contributed by atoms with Crippen LogP contribution in [0.1, 0.15) is 26.3 Å². The molecule has 0 aliphatic rings. The van der Waals surface area contributed by atoms with E-state index in [2.05, 4.69) is 16.0 Å². The number of amides is 2. The third kappa shape index (κ3) is 4.62. The summed E-state index contributed by atoms with van der Waals surface area (Å²) in [6, 6.07) is 22.5. The number of hydrazine groups is 1. The number of carbonyl (C=O) groups excluding carboxylic acids is 2. The second-order valence-corrected chi connectivity index (χ2v) is 7.20. The van der Waals surface area contributed by atoms with Crippen LogP contribution in [0.25, 0.3) is 16.9 Å². The summed E-state index contributed by atoms with van der Waals surface area (Å²) in [5.41, 5.74) is 7.33. The number of aryl methyl sites for hydroxylation is 1. The zero-order valence-corrected chi connectivity index (χ0v) is 17.6. The molecule has 0 aliphatic carbocycles. The molecule has 0 fully saturated rings. The van der Waals surface area contributed by atoms with Crippen LogP contribution >= 0.6 is 0 Å². The number of nitrogens with zero attached hydrogens (tertiary/aromatic N) is 3. The molecule has 0 atom stereocenters. The van der Waals surface area contributed by atoms with E-state index < -0.39 is 16.7 Å². The lowest BCUT2D eigenvalue weighted by atomic mass is 10.1. The molecular weight excluding hydrogens is 422 g/mol. The van der Waals surface area contributed by atoms with Gasteiger partial charge < -0.3 is 0 Å². The number of nitro benzene ring substituents is 1. The molecule has 9 heteroatoms. The molecule has 0 unspecified atom stereocenters. The molecule has 0 spiro atoms. The quantitative estimate of drug-likeness (QED) is 0.360. The van der Waals surface area contributed by atoms with Crippen molar-refractivity contribution in [3.8, 4) is 16.9 Å². The number of rotatable bonds is 5. The normalized spacial score (nSPS) is 10.5. The SMILES string of the molecule is Cc1ccc([N+](=O)[O-])cc1C(=O)NNC(=O)c1cn(-c2ccccc2)nc1-c1ccccc1. The Hall–Kier alpha value is -4.79. The van der Waals surface area contributed by atoms with E-state index in [9.17, 15) is 19.7 Å². The average molecular weight is 441 g/mol. The van der Waals surface area contributed by atoms with E-state index in [0.29, 0.717) is 11.3 Å². The van der Waals surface area contributed by atoms with E-state index in [1.54, 1.807) is 17.8 Å². The Morgan fingerprint density at radius 3 is 2.12 bits per heavy atom. The molecule has 3 aromatic carbocycles. The number of nitrogens with one attached hydrogen (secondary N) is 2. The number of aromatic nitrogens is 2. The van der Waals surface area contributed by atoms with E-state index in [-0.39, 0.29) is 16.8 Å². The van der Waals surface area contributed by atoms with Crippen LogP contribution < -0.4 is 10.9 Å². The number of nitro groups is 1. The highest BCUT2D eigenvalue weighted by Gasteiger charge is 2.20. The summed E-state index contributed by atoms with van der Waals surface area (Å²) in [6.45, 7) is 1.65. The number of non-ortho nitro benzene ring substituents is 1. The number of benzene rings is 3. The first-order valence-corrected chi connectivity index (χ1v) is 10.0. The van der Waals surface area contributed by atoms with Crippen molar-refractivity contribution < 1.29 is 14.5 Å². The van der Waals surface area contributed by atoms with Gasteiger partial charge in [0, 0.05) is 23.9 Å². The molecule has 4 rings (SSSR count). The minimum Gasteiger partial charge on any atom is -0.267 e. The zero-order chi connectivity index (χ0) is 23.4. The van der Waals surface area contributed by atoms with Crippen molar-refractivity contribution in [3.05, 3.63) is 112 Å². The molecular formula is C24H19N5O4. The van der Waals surface area contributed by atoms with Crippen LogP contribution in [0, 0.1) is 17.0 Å². The molecule has 2 N–H and O–H groups in total. The Balaban J connectivity index is 1.60. The first-order chi connectivity index (χ1) is 15.9. The third-order valence-electron chi connectivity index (χ3n) is 4.99. The van der Waals surface area contributed by atoms with Gasteiger partial charge in [0.2, 0.25) is 0 Å². The second-order valence-electron chi connectivity index (χ2n) is 7.20. The van der Waals surface area contributed by atoms with Gasteiger partial charge in [0.05, 0.1) is 21.7 Å².